The number of piperidine rings is 1. The molecule has 1 aliphatic heterocycles. The molecule has 0 unspecified atom stereocenters. The van der Waals surface area contributed by atoms with E-state index in [4.69, 9.17) is 0 Å². The number of esters is 1. The van der Waals surface area contributed by atoms with Crippen molar-refractivity contribution < 1.29 is 23.1 Å². The maximum atomic E-state index is 13.1. The van der Waals surface area contributed by atoms with Gasteiger partial charge in [-0.3, -0.25) is 9.59 Å². The molecule has 0 N–H and O–H groups in total. The monoisotopic (exact) mass is 283 g/mol. The van der Waals surface area contributed by atoms with Crippen LogP contribution in [0.2, 0.25) is 0 Å². The number of likely N-dealkylation sites (tertiary alicyclic amines) is 1. The van der Waals surface area contributed by atoms with Crippen LogP contribution < -0.4 is 0 Å². The molecule has 1 aromatic carbocycles. The molecule has 0 aliphatic carbocycles. The number of halogens is 2. The van der Waals surface area contributed by atoms with Crippen LogP contribution >= 0.6 is 0 Å². The largest absolute Gasteiger partial charge is 0.469 e. The molecule has 0 aromatic heterocycles. The Balaban J connectivity index is 2.03. The third-order valence-electron chi connectivity index (χ3n) is 3.43. The molecule has 6 heteroatoms. The lowest BCUT2D eigenvalue weighted by atomic mass is 9.96. The highest BCUT2D eigenvalue weighted by Gasteiger charge is 2.28. The van der Waals surface area contributed by atoms with Crippen molar-refractivity contribution in [3.05, 3.63) is 35.4 Å². The smallest absolute Gasteiger partial charge is 0.308 e. The van der Waals surface area contributed by atoms with Gasteiger partial charge >= 0.3 is 5.97 Å². The number of hydrogen-bond donors (Lipinski definition) is 0. The van der Waals surface area contributed by atoms with E-state index in [1.807, 2.05) is 0 Å². The van der Waals surface area contributed by atoms with Gasteiger partial charge in [0, 0.05) is 24.7 Å². The minimum absolute atomic E-state index is 0.0148. The van der Waals surface area contributed by atoms with E-state index in [9.17, 15) is 18.4 Å². The van der Waals surface area contributed by atoms with E-state index in [0.29, 0.717) is 25.9 Å². The molecular weight excluding hydrogens is 268 g/mol. The molecule has 0 spiro atoms. The molecule has 0 saturated carbocycles. The van der Waals surface area contributed by atoms with Crippen molar-refractivity contribution in [3.63, 3.8) is 0 Å². The molecule has 4 nitrogen and oxygen atoms in total. The summed E-state index contributed by atoms with van der Waals surface area (Å²) < 4.78 is 30.9. The van der Waals surface area contributed by atoms with E-state index in [-0.39, 0.29) is 17.5 Å². The van der Waals surface area contributed by atoms with Crippen molar-refractivity contribution >= 4 is 11.9 Å². The number of rotatable bonds is 2. The summed E-state index contributed by atoms with van der Waals surface area (Å²) in [7, 11) is 1.33. The maximum absolute atomic E-state index is 13.1. The number of hydrogen-bond acceptors (Lipinski definition) is 3. The number of methoxy groups -OCH3 is 1. The van der Waals surface area contributed by atoms with E-state index >= 15 is 0 Å². The van der Waals surface area contributed by atoms with E-state index < -0.39 is 17.5 Å². The van der Waals surface area contributed by atoms with E-state index in [2.05, 4.69) is 4.74 Å². The lowest BCUT2D eigenvalue weighted by Gasteiger charge is -2.30. The fourth-order valence-corrected chi connectivity index (χ4v) is 2.34. The van der Waals surface area contributed by atoms with Gasteiger partial charge in [0.2, 0.25) is 0 Å². The normalized spacial score (nSPS) is 16.1. The summed E-state index contributed by atoms with van der Waals surface area (Å²) in [5.74, 6) is -2.48. The number of ether oxygens (including phenoxy) is 1. The van der Waals surface area contributed by atoms with Crippen molar-refractivity contribution in [1.82, 2.24) is 4.90 Å². The fraction of sp³-hybridized carbons (Fsp3) is 0.429. The van der Waals surface area contributed by atoms with Crippen LogP contribution in [0.15, 0.2) is 18.2 Å². The van der Waals surface area contributed by atoms with Crippen LogP contribution in [0.4, 0.5) is 8.78 Å². The Morgan fingerprint density at radius 3 is 2.20 bits per heavy atom. The van der Waals surface area contributed by atoms with Gasteiger partial charge in [-0.15, -0.1) is 0 Å². The van der Waals surface area contributed by atoms with Crippen molar-refractivity contribution in [2.24, 2.45) is 5.92 Å². The maximum Gasteiger partial charge on any atom is 0.308 e. The van der Waals surface area contributed by atoms with Crippen LogP contribution in [0.1, 0.15) is 23.2 Å². The summed E-state index contributed by atoms with van der Waals surface area (Å²) in [6.07, 6.45) is 0.992. The highest BCUT2D eigenvalue weighted by atomic mass is 19.1. The first-order valence-electron chi connectivity index (χ1n) is 6.34. The lowest BCUT2D eigenvalue weighted by Crippen LogP contribution is -2.40. The summed E-state index contributed by atoms with van der Waals surface area (Å²) in [5, 5.41) is 0. The minimum atomic E-state index is -0.780. The second-order valence-corrected chi connectivity index (χ2v) is 4.75. The van der Waals surface area contributed by atoms with Crippen LogP contribution in [0.25, 0.3) is 0 Å². The highest BCUT2D eigenvalue weighted by Crippen LogP contribution is 2.20. The Morgan fingerprint density at radius 2 is 1.70 bits per heavy atom. The Hall–Kier alpha value is -1.98. The van der Waals surface area contributed by atoms with Gasteiger partial charge in [-0.05, 0) is 25.0 Å². The lowest BCUT2D eigenvalue weighted by molar-refractivity contribution is -0.146. The SMILES string of the molecule is COC(=O)C1CCN(C(=O)c2cc(F)cc(F)c2)CC1. The minimum Gasteiger partial charge on any atom is -0.469 e. The van der Waals surface area contributed by atoms with Gasteiger partial charge in [-0.2, -0.15) is 0 Å². The average Bonchev–Trinajstić information content (AvgIpc) is 2.45. The summed E-state index contributed by atoms with van der Waals surface area (Å²) >= 11 is 0. The molecule has 1 aromatic rings. The van der Waals surface area contributed by atoms with E-state index in [1.165, 1.54) is 12.0 Å². The number of amides is 1. The van der Waals surface area contributed by atoms with Gasteiger partial charge in [0.1, 0.15) is 11.6 Å². The molecular formula is C14H15F2NO3. The standard InChI is InChI=1S/C14H15F2NO3/c1-20-14(19)9-2-4-17(5-3-9)13(18)10-6-11(15)8-12(16)7-10/h6-9H,2-5H2,1H3. The Bertz CT molecular complexity index is 505. The number of benzene rings is 1. The van der Waals surface area contributed by atoms with E-state index in [1.54, 1.807) is 0 Å². The zero-order valence-electron chi connectivity index (χ0n) is 11.1. The quantitative estimate of drug-likeness (QED) is 0.780. The number of carbonyl (C=O) groups is 2. The number of nitrogens with zero attached hydrogens (tertiary/aromatic N) is 1. The van der Waals surface area contributed by atoms with Gasteiger partial charge in [-0.25, -0.2) is 8.78 Å². The first-order chi connectivity index (χ1) is 9.51. The van der Waals surface area contributed by atoms with Crippen molar-refractivity contribution in [3.8, 4) is 0 Å². The van der Waals surface area contributed by atoms with Crippen LogP contribution in [0.5, 0.6) is 0 Å². The number of carbonyl (C=O) groups excluding carboxylic acids is 2. The van der Waals surface area contributed by atoms with Crippen molar-refractivity contribution in [2.75, 3.05) is 20.2 Å². The van der Waals surface area contributed by atoms with E-state index in [0.717, 1.165) is 18.2 Å². The topological polar surface area (TPSA) is 46.6 Å². The fourth-order valence-electron chi connectivity index (χ4n) is 2.34. The summed E-state index contributed by atoms with van der Waals surface area (Å²) in [5.41, 5.74) is -0.0148. The van der Waals surface area contributed by atoms with Crippen LogP contribution in [0, 0.1) is 17.6 Å². The predicted molar refractivity (Wildman–Crippen MR) is 67.0 cm³/mol. The Labute approximate surface area is 115 Å². The summed E-state index contributed by atoms with van der Waals surface area (Å²) in [4.78, 5) is 25.0. The molecule has 1 aliphatic rings. The molecule has 1 amide bonds. The molecule has 1 saturated heterocycles. The molecule has 20 heavy (non-hydrogen) atoms. The zero-order chi connectivity index (χ0) is 14.7. The molecule has 0 radical (unpaired) electrons. The van der Waals surface area contributed by atoms with Gasteiger partial charge < -0.3 is 9.64 Å². The Kier molecular flexibility index (Phi) is 4.32. The predicted octanol–water partition coefficient (Wildman–Crippen LogP) is 1.99. The van der Waals surface area contributed by atoms with Gasteiger partial charge in [0.25, 0.3) is 5.91 Å². The molecule has 108 valence electrons. The highest BCUT2D eigenvalue weighted by molar-refractivity contribution is 5.94. The summed E-state index contributed by atoms with van der Waals surface area (Å²) in [6.45, 7) is 0.744. The van der Waals surface area contributed by atoms with Gasteiger partial charge in [0.05, 0.1) is 13.0 Å². The third kappa shape index (κ3) is 3.12. The zero-order valence-corrected chi connectivity index (χ0v) is 11.1. The molecule has 0 atom stereocenters. The van der Waals surface area contributed by atoms with Gasteiger partial charge in [0.15, 0.2) is 0 Å². The average molecular weight is 283 g/mol. The summed E-state index contributed by atoms with van der Waals surface area (Å²) in [6, 6.07) is 2.75. The molecule has 0 bridgehead atoms. The second-order valence-electron chi connectivity index (χ2n) is 4.75. The molecule has 1 fully saturated rings. The molecule has 1 heterocycles. The van der Waals surface area contributed by atoms with Crippen LogP contribution in [0.3, 0.4) is 0 Å². The van der Waals surface area contributed by atoms with Crippen molar-refractivity contribution in [2.45, 2.75) is 12.8 Å². The van der Waals surface area contributed by atoms with Gasteiger partial charge in [-0.1, -0.05) is 0 Å². The van der Waals surface area contributed by atoms with Crippen LogP contribution in [-0.2, 0) is 9.53 Å². The Morgan fingerprint density at radius 1 is 1.15 bits per heavy atom. The van der Waals surface area contributed by atoms with Crippen molar-refractivity contribution in [1.29, 1.82) is 0 Å². The second kappa shape index (κ2) is 5.98. The first kappa shape index (κ1) is 14.4. The molecule has 2 rings (SSSR count). The van der Waals surface area contributed by atoms with Crippen LogP contribution in [-0.4, -0.2) is 37.0 Å². The third-order valence-corrected chi connectivity index (χ3v) is 3.43. The first-order valence-corrected chi connectivity index (χ1v) is 6.34.